The summed E-state index contributed by atoms with van der Waals surface area (Å²) in [4.78, 5) is 26.6. The van der Waals surface area contributed by atoms with Gasteiger partial charge in [-0.05, 0) is 6.42 Å². The number of hydrogen-bond acceptors (Lipinski definition) is 7. The molecule has 4 unspecified atom stereocenters. The van der Waals surface area contributed by atoms with Crippen molar-refractivity contribution in [1.82, 2.24) is 10.9 Å². The van der Waals surface area contributed by atoms with E-state index in [2.05, 4.69) is 10.9 Å². The zero-order valence-electron chi connectivity index (χ0n) is 14.1. The Morgan fingerprint density at radius 2 is 2.00 bits per heavy atom. The molecule has 4 atom stereocenters. The molecular weight excluding hydrogens is 348 g/mol. The minimum atomic E-state index is -1.56. The topological polar surface area (TPSA) is 85.9 Å². The van der Waals surface area contributed by atoms with Crippen LogP contribution in [-0.2, 0) is 4.79 Å². The van der Waals surface area contributed by atoms with Crippen LogP contribution in [0.3, 0.4) is 0 Å². The Kier molecular flexibility index (Phi) is 3.72. The van der Waals surface area contributed by atoms with Crippen LogP contribution in [0.2, 0.25) is 5.02 Å². The van der Waals surface area contributed by atoms with Crippen LogP contribution in [0, 0.1) is 11.8 Å². The summed E-state index contributed by atoms with van der Waals surface area (Å²) in [5, 5.41) is 0.174. The van der Waals surface area contributed by atoms with Gasteiger partial charge in [-0.1, -0.05) is 18.5 Å². The smallest absolute Gasteiger partial charge is 0.232 e. The lowest BCUT2D eigenvalue weighted by molar-refractivity contribution is -0.141. The lowest BCUT2D eigenvalue weighted by Gasteiger charge is -2.40. The largest absolute Gasteiger partial charge is 0.496 e. The molecule has 0 radical (unpaired) electrons. The third-order valence-corrected chi connectivity index (χ3v) is 5.88. The summed E-state index contributed by atoms with van der Waals surface area (Å²) >= 11 is 6.36. The van der Waals surface area contributed by atoms with Crippen molar-refractivity contribution in [2.45, 2.75) is 25.0 Å². The second kappa shape index (κ2) is 5.59. The zero-order chi connectivity index (χ0) is 17.9. The normalized spacial score (nSPS) is 33.2. The van der Waals surface area contributed by atoms with Crippen molar-refractivity contribution in [3.63, 3.8) is 0 Å². The maximum Gasteiger partial charge on any atom is 0.232 e. The molecule has 1 aromatic rings. The number of fused-ring (bicyclic) bond motifs is 2. The number of carbonyl (C=O) groups excluding carboxylic acids is 2. The second-order valence-electron chi connectivity index (χ2n) is 6.71. The highest BCUT2D eigenvalue weighted by Crippen LogP contribution is 2.53. The molecule has 3 aliphatic rings. The number of Topliss-reactive ketones (excluding diaryl/α,β-unsaturated/α-hetero) is 2. The molecule has 1 saturated carbocycles. The van der Waals surface area contributed by atoms with Crippen molar-refractivity contribution < 1.29 is 23.8 Å². The van der Waals surface area contributed by atoms with Gasteiger partial charge in [0.2, 0.25) is 11.4 Å². The predicted molar refractivity (Wildman–Crippen MR) is 89.4 cm³/mol. The fourth-order valence-electron chi connectivity index (χ4n) is 4.19. The fraction of sp³-hybridized carbons (Fsp3) is 0.529. The van der Waals surface area contributed by atoms with Gasteiger partial charge in [-0.3, -0.25) is 20.4 Å². The molecule has 0 amide bonds. The molecule has 7 nitrogen and oxygen atoms in total. The first-order valence-electron chi connectivity index (χ1n) is 8.16. The van der Waals surface area contributed by atoms with Crippen LogP contribution >= 0.6 is 11.6 Å². The number of carbonyl (C=O) groups is 2. The number of hydrogen-bond donors (Lipinski definition) is 2. The van der Waals surface area contributed by atoms with Crippen LogP contribution in [0.4, 0.5) is 0 Å². The second-order valence-corrected chi connectivity index (χ2v) is 7.08. The number of hydrazine groups is 1. The summed E-state index contributed by atoms with van der Waals surface area (Å²) in [6, 6.07) is 1.54. The Labute approximate surface area is 149 Å². The van der Waals surface area contributed by atoms with Crippen molar-refractivity contribution >= 4 is 23.2 Å². The van der Waals surface area contributed by atoms with Crippen LogP contribution in [0.1, 0.15) is 23.7 Å². The molecule has 4 rings (SSSR count). The van der Waals surface area contributed by atoms with Crippen molar-refractivity contribution in [2.75, 3.05) is 20.8 Å². The van der Waals surface area contributed by atoms with Crippen LogP contribution in [0.25, 0.3) is 0 Å². The summed E-state index contributed by atoms with van der Waals surface area (Å²) in [6.45, 7) is 2.33. The number of ketones is 2. The van der Waals surface area contributed by atoms with Crippen LogP contribution in [0.5, 0.6) is 17.2 Å². The monoisotopic (exact) mass is 366 g/mol. The van der Waals surface area contributed by atoms with Gasteiger partial charge < -0.3 is 14.2 Å². The molecule has 1 saturated heterocycles. The van der Waals surface area contributed by atoms with Crippen LogP contribution < -0.4 is 25.1 Å². The van der Waals surface area contributed by atoms with Gasteiger partial charge in [0.25, 0.3) is 0 Å². The Hall–Kier alpha value is -1.83. The molecular formula is C17H19ClN2O5. The van der Waals surface area contributed by atoms with E-state index in [1.807, 2.05) is 6.92 Å². The van der Waals surface area contributed by atoms with E-state index in [9.17, 15) is 9.59 Å². The first-order chi connectivity index (χ1) is 12.0. The quantitative estimate of drug-likeness (QED) is 0.764. The average molecular weight is 367 g/mol. The van der Waals surface area contributed by atoms with Gasteiger partial charge in [-0.15, -0.1) is 0 Å². The van der Waals surface area contributed by atoms with E-state index < -0.39 is 5.60 Å². The molecule has 1 aliphatic carbocycles. The molecule has 1 aromatic carbocycles. The van der Waals surface area contributed by atoms with E-state index in [1.165, 1.54) is 14.2 Å². The lowest BCUT2D eigenvalue weighted by atomic mass is 9.66. The van der Waals surface area contributed by atoms with Gasteiger partial charge in [0.05, 0.1) is 20.1 Å². The van der Waals surface area contributed by atoms with Gasteiger partial charge in [-0.25, -0.2) is 0 Å². The standard InChI is InChI=1S/C17H19ClN2O5/c1-7-4-9-8(6-19-20-9)15(21)17(7)16(22)12-10(23-2)5-11(24-3)13(18)14(12)25-17/h5,7-9,19-20H,4,6H2,1-3H3. The number of ether oxygens (including phenoxy) is 3. The minimum Gasteiger partial charge on any atom is -0.496 e. The fourth-order valence-corrected chi connectivity index (χ4v) is 4.46. The summed E-state index contributed by atoms with van der Waals surface area (Å²) in [7, 11) is 2.92. The third kappa shape index (κ3) is 2.00. The molecule has 8 heteroatoms. The molecule has 2 aliphatic heterocycles. The Morgan fingerprint density at radius 3 is 2.68 bits per heavy atom. The predicted octanol–water partition coefficient (Wildman–Crippen LogP) is 1.37. The van der Waals surface area contributed by atoms with E-state index in [0.29, 0.717) is 24.5 Å². The highest BCUT2D eigenvalue weighted by Gasteiger charge is 2.64. The first-order valence-corrected chi connectivity index (χ1v) is 8.54. The number of rotatable bonds is 2. The van der Waals surface area contributed by atoms with Gasteiger partial charge in [-0.2, -0.15) is 0 Å². The minimum absolute atomic E-state index is 0.000130. The van der Waals surface area contributed by atoms with Crippen LogP contribution in [0.15, 0.2) is 6.07 Å². The number of benzene rings is 1. The SMILES string of the molecule is COc1cc(OC)c2c(c1Cl)OC1(C2=O)C(=O)C2CNNC2CC1C. The molecule has 2 fully saturated rings. The number of nitrogens with one attached hydrogen (secondary N) is 2. The maximum atomic E-state index is 13.3. The lowest BCUT2D eigenvalue weighted by Crippen LogP contribution is -2.62. The maximum absolute atomic E-state index is 13.3. The highest BCUT2D eigenvalue weighted by molar-refractivity contribution is 6.36. The van der Waals surface area contributed by atoms with E-state index >= 15 is 0 Å². The van der Waals surface area contributed by atoms with Gasteiger partial charge in [0, 0.05) is 24.6 Å². The van der Waals surface area contributed by atoms with E-state index in [-0.39, 0.29) is 45.8 Å². The van der Waals surface area contributed by atoms with Crippen LogP contribution in [-0.4, -0.2) is 44.0 Å². The van der Waals surface area contributed by atoms with Gasteiger partial charge in [0.15, 0.2) is 11.5 Å². The highest BCUT2D eigenvalue weighted by atomic mass is 35.5. The van der Waals surface area contributed by atoms with Crippen molar-refractivity contribution in [2.24, 2.45) is 11.8 Å². The third-order valence-electron chi connectivity index (χ3n) is 5.52. The summed E-state index contributed by atoms with van der Waals surface area (Å²) < 4.78 is 16.6. The molecule has 2 N–H and O–H groups in total. The van der Waals surface area contributed by atoms with Crippen molar-refractivity contribution in [3.8, 4) is 17.2 Å². The van der Waals surface area contributed by atoms with E-state index in [4.69, 9.17) is 25.8 Å². The molecule has 0 bridgehead atoms. The Balaban J connectivity index is 1.87. The average Bonchev–Trinajstić information content (AvgIpc) is 3.18. The van der Waals surface area contributed by atoms with E-state index in [0.717, 1.165) is 0 Å². The molecule has 25 heavy (non-hydrogen) atoms. The molecule has 134 valence electrons. The van der Waals surface area contributed by atoms with E-state index in [1.54, 1.807) is 6.07 Å². The molecule has 0 aromatic heterocycles. The molecule has 1 spiro atoms. The zero-order valence-corrected chi connectivity index (χ0v) is 14.9. The van der Waals surface area contributed by atoms with Crippen molar-refractivity contribution in [3.05, 3.63) is 16.7 Å². The number of halogens is 1. The Bertz CT molecular complexity index is 783. The summed E-state index contributed by atoms with van der Waals surface area (Å²) in [6.07, 6.45) is 0.639. The van der Waals surface area contributed by atoms with Crippen molar-refractivity contribution in [1.29, 1.82) is 0 Å². The van der Waals surface area contributed by atoms with Gasteiger partial charge in [0.1, 0.15) is 22.1 Å². The number of methoxy groups -OCH3 is 2. The Morgan fingerprint density at radius 1 is 1.28 bits per heavy atom. The molecule has 2 heterocycles. The first kappa shape index (κ1) is 16.6. The summed E-state index contributed by atoms with van der Waals surface area (Å²) in [5.74, 6) is -0.427. The van der Waals surface area contributed by atoms with Gasteiger partial charge >= 0.3 is 0 Å². The summed E-state index contributed by atoms with van der Waals surface area (Å²) in [5.41, 5.74) is 4.77.